The molecule has 0 fully saturated rings. The molecule has 26 heavy (non-hydrogen) atoms. The molecule has 3 aromatic rings. The van der Waals surface area contributed by atoms with Gasteiger partial charge in [-0.15, -0.1) is 10.2 Å². The van der Waals surface area contributed by atoms with Crippen LogP contribution in [0.3, 0.4) is 0 Å². The number of aromatic nitrogens is 4. The number of nitrogens with one attached hydrogen (secondary N) is 2. The van der Waals surface area contributed by atoms with Gasteiger partial charge in [-0.05, 0) is 41.6 Å². The first kappa shape index (κ1) is 17.6. The van der Waals surface area contributed by atoms with Gasteiger partial charge in [-0.1, -0.05) is 23.7 Å². The molecule has 132 valence electrons. The number of hydrogen-bond donors (Lipinski definition) is 2. The summed E-state index contributed by atoms with van der Waals surface area (Å²) in [7, 11) is 0. The summed E-state index contributed by atoms with van der Waals surface area (Å²) >= 11 is 5.94. The average Bonchev–Trinajstić information content (AvgIpc) is 3.04. The summed E-state index contributed by atoms with van der Waals surface area (Å²) in [5.74, 6) is -0.0677. The summed E-state index contributed by atoms with van der Waals surface area (Å²) in [5.41, 5.74) is 1.97. The van der Waals surface area contributed by atoms with Crippen LogP contribution in [-0.4, -0.2) is 32.0 Å². The predicted molar refractivity (Wildman–Crippen MR) is 97.6 cm³/mol. The van der Waals surface area contributed by atoms with Gasteiger partial charge < -0.3 is 10.6 Å². The Balaban J connectivity index is 1.61. The molecule has 0 saturated heterocycles. The van der Waals surface area contributed by atoms with E-state index in [4.69, 9.17) is 11.6 Å². The van der Waals surface area contributed by atoms with Crippen molar-refractivity contribution in [1.29, 1.82) is 0 Å². The number of tetrazole rings is 1. The summed E-state index contributed by atoms with van der Waals surface area (Å²) in [5, 5.41) is 17.9. The second-order valence-corrected chi connectivity index (χ2v) is 5.90. The first-order chi connectivity index (χ1) is 12.5. The first-order valence-electron chi connectivity index (χ1n) is 7.71. The number of anilines is 2. The SMILES string of the molecule is CC(=O)Nc1ccc(NC(=O)Cn2nnc(-c3cccc(Cl)c3)n2)cc1. The molecule has 0 spiro atoms. The zero-order valence-electron chi connectivity index (χ0n) is 13.8. The fourth-order valence-corrected chi connectivity index (χ4v) is 2.41. The van der Waals surface area contributed by atoms with Crippen molar-refractivity contribution in [2.24, 2.45) is 0 Å². The first-order valence-corrected chi connectivity index (χ1v) is 8.08. The number of nitrogens with zero attached hydrogens (tertiary/aromatic N) is 4. The lowest BCUT2D eigenvalue weighted by Gasteiger charge is -2.06. The molecule has 2 N–H and O–H groups in total. The minimum atomic E-state index is -0.299. The number of rotatable bonds is 5. The molecule has 0 aliphatic heterocycles. The lowest BCUT2D eigenvalue weighted by Crippen LogP contribution is -2.20. The number of carbonyl (C=O) groups is 2. The maximum atomic E-state index is 12.1. The van der Waals surface area contributed by atoms with Crippen LogP contribution in [0, 0.1) is 0 Å². The molecule has 0 saturated carbocycles. The fraction of sp³-hybridized carbons (Fsp3) is 0.118. The number of benzene rings is 2. The van der Waals surface area contributed by atoms with Crippen molar-refractivity contribution < 1.29 is 9.59 Å². The third-order valence-corrected chi connectivity index (χ3v) is 3.54. The summed E-state index contributed by atoms with van der Waals surface area (Å²) in [4.78, 5) is 24.3. The zero-order chi connectivity index (χ0) is 18.5. The van der Waals surface area contributed by atoms with Gasteiger partial charge in [0.1, 0.15) is 6.54 Å². The van der Waals surface area contributed by atoms with Gasteiger partial charge in [0.05, 0.1) is 0 Å². The normalized spacial score (nSPS) is 10.4. The van der Waals surface area contributed by atoms with Crippen molar-refractivity contribution in [3.63, 3.8) is 0 Å². The topological polar surface area (TPSA) is 102 Å². The van der Waals surface area contributed by atoms with Crippen LogP contribution in [0.1, 0.15) is 6.92 Å². The van der Waals surface area contributed by atoms with Crippen LogP contribution in [0.5, 0.6) is 0 Å². The molecule has 1 heterocycles. The van der Waals surface area contributed by atoms with Gasteiger partial charge in [-0.25, -0.2) is 0 Å². The molecular weight excluding hydrogens is 356 g/mol. The van der Waals surface area contributed by atoms with Crippen molar-refractivity contribution >= 4 is 34.8 Å². The lowest BCUT2D eigenvalue weighted by atomic mass is 10.2. The third-order valence-electron chi connectivity index (χ3n) is 3.31. The van der Waals surface area contributed by atoms with E-state index >= 15 is 0 Å². The van der Waals surface area contributed by atoms with Gasteiger partial charge in [0.25, 0.3) is 0 Å². The second-order valence-electron chi connectivity index (χ2n) is 5.46. The van der Waals surface area contributed by atoms with Crippen LogP contribution in [0.15, 0.2) is 48.5 Å². The van der Waals surface area contributed by atoms with Gasteiger partial charge >= 0.3 is 0 Å². The highest BCUT2D eigenvalue weighted by Gasteiger charge is 2.10. The highest BCUT2D eigenvalue weighted by Crippen LogP contribution is 2.18. The molecule has 9 heteroatoms. The van der Waals surface area contributed by atoms with Crippen LogP contribution in [0.4, 0.5) is 11.4 Å². The van der Waals surface area contributed by atoms with Gasteiger partial charge in [0.2, 0.25) is 17.6 Å². The van der Waals surface area contributed by atoms with Crippen molar-refractivity contribution in [2.45, 2.75) is 13.5 Å². The van der Waals surface area contributed by atoms with Gasteiger partial charge in [-0.3, -0.25) is 9.59 Å². The molecule has 0 unspecified atom stereocenters. The van der Waals surface area contributed by atoms with Crippen LogP contribution < -0.4 is 10.6 Å². The summed E-state index contributed by atoms with van der Waals surface area (Å²) in [6.45, 7) is 1.35. The molecular formula is C17H15ClN6O2. The van der Waals surface area contributed by atoms with E-state index in [2.05, 4.69) is 26.0 Å². The molecule has 2 amide bonds. The van der Waals surface area contributed by atoms with E-state index in [9.17, 15) is 9.59 Å². The average molecular weight is 371 g/mol. The molecule has 0 atom stereocenters. The molecule has 2 aromatic carbocycles. The Bertz CT molecular complexity index is 938. The Morgan fingerprint density at radius 2 is 1.77 bits per heavy atom. The van der Waals surface area contributed by atoms with E-state index in [1.54, 1.807) is 42.5 Å². The Morgan fingerprint density at radius 1 is 1.08 bits per heavy atom. The molecule has 8 nitrogen and oxygen atoms in total. The lowest BCUT2D eigenvalue weighted by molar-refractivity contribution is -0.117. The number of hydrogen-bond acceptors (Lipinski definition) is 5. The van der Waals surface area contributed by atoms with E-state index in [1.165, 1.54) is 11.7 Å². The monoisotopic (exact) mass is 370 g/mol. The van der Waals surface area contributed by atoms with Crippen LogP contribution in [-0.2, 0) is 16.1 Å². The maximum Gasteiger partial charge on any atom is 0.248 e. The van der Waals surface area contributed by atoms with Crippen LogP contribution in [0.2, 0.25) is 5.02 Å². The Morgan fingerprint density at radius 3 is 2.42 bits per heavy atom. The molecule has 0 bridgehead atoms. The maximum absolute atomic E-state index is 12.1. The van der Waals surface area contributed by atoms with Crippen molar-refractivity contribution in [3.8, 4) is 11.4 Å². The predicted octanol–water partition coefficient (Wildman–Crippen LogP) is 2.59. The van der Waals surface area contributed by atoms with E-state index in [0.717, 1.165) is 5.56 Å². The van der Waals surface area contributed by atoms with Gasteiger partial charge in [0, 0.05) is 28.9 Å². The zero-order valence-corrected chi connectivity index (χ0v) is 14.6. The van der Waals surface area contributed by atoms with Gasteiger partial charge in [0.15, 0.2) is 0 Å². The van der Waals surface area contributed by atoms with E-state index in [-0.39, 0.29) is 18.4 Å². The van der Waals surface area contributed by atoms with Crippen molar-refractivity contribution in [1.82, 2.24) is 20.2 Å². The second kappa shape index (κ2) is 7.75. The quantitative estimate of drug-likeness (QED) is 0.718. The number of carbonyl (C=O) groups excluding carboxylic acids is 2. The number of halogens is 1. The molecule has 0 aliphatic rings. The summed E-state index contributed by atoms with van der Waals surface area (Å²) < 4.78 is 0. The van der Waals surface area contributed by atoms with Crippen LogP contribution in [0.25, 0.3) is 11.4 Å². The molecule has 1 aromatic heterocycles. The largest absolute Gasteiger partial charge is 0.326 e. The van der Waals surface area contributed by atoms with E-state index in [0.29, 0.717) is 22.2 Å². The Kier molecular flexibility index (Phi) is 5.23. The Labute approximate surface area is 154 Å². The third kappa shape index (κ3) is 4.64. The van der Waals surface area contributed by atoms with Crippen molar-refractivity contribution in [2.75, 3.05) is 10.6 Å². The standard InChI is InChI=1S/C17H15ClN6O2/c1-11(25)19-14-5-7-15(8-6-14)20-16(26)10-24-22-17(21-23-24)12-3-2-4-13(18)9-12/h2-9H,10H2,1H3,(H,19,25)(H,20,26). The van der Waals surface area contributed by atoms with E-state index < -0.39 is 0 Å². The molecule has 0 aliphatic carbocycles. The summed E-state index contributed by atoms with van der Waals surface area (Å²) in [6, 6.07) is 13.8. The highest BCUT2D eigenvalue weighted by atomic mass is 35.5. The van der Waals surface area contributed by atoms with Crippen molar-refractivity contribution in [3.05, 3.63) is 53.6 Å². The minimum absolute atomic E-state index is 0.0823. The summed E-state index contributed by atoms with van der Waals surface area (Å²) in [6.07, 6.45) is 0. The smallest absolute Gasteiger partial charge is 0.248 e. The molecule has 3 rings (SSSR count). The number of amides is 2. The van der Waals surface area contributed by atoms with Crippen LogP contribution >= 0.6 is 11.6 Å². The highest BCUT2D eigenvalue weighted by molar-refractivity contribution is 6.30. The fourth-order valence-electron chi connectivity index (χ4n) is 2.22. The Hall–Kier alpha value is -3.26. The molecule has 0 radical (unpaired) electrons. The van der Waals surface area contributed by atoms with Gasteiger partial charge in [-0.2, -0.15) is 4.80 Å². The van der Waals surface area contributed by atoms with E-state index in [1.807, 2.05) is 6.07 Å². The minimum Gasteiger partial charge on any atom is -0.326 e.